The third-order valence-electron chi connectivity index (χ3n) is 8.93. The maximum absolute atomic E-state index is 8.60. The molecule has 0 amide bonds. The van der Waals surface area contributed by atoms with Crippen molar-refractivity contribution in [1.82, 2.24) is 9.97 Å². The Morgan fingerprint density at radius 2 is 1.28 bits per heavy atom. The average molecular weight is 603 g/mol. The van der Waals surface area contributed by atoms with E-state index in [2.05, 4.69) is 72.8 Å². The van der Waals surface area contributed by atoms with Crippen LogP contribution in [0.1, 0.15) is 11.1 Å². The fourth-order valence-corrected chi connectivity index (χ4v) is 6.59. The lowest BCUT2D eigenvalue weighted by Crippen LogP contribution is -2.16. The molecule has 5 nitrogen and oxygen atoms in total. The fraction of sp³-hybridized carbons (Fsp3) is 0. The van der Waals surface area contributed by atoms with Crippen molar-refractivity contribution < 1.29 is 4.42 Å². The first-order chi connectivity index (χ1) is 23.1. The summed E-state index contributed by atoms with van der Waals surface area (Å²) < 4.78 is 6.43. The van der Waals surface area contributed by atoms with Gasteiger partial charge in [0.15, 0.2) is 5.82 Å². The molecular formula is C42H26N4O. The first kappa shape index (κ1) is 26.9. The zero-order valence-corrected chi connectivity index (χ0v) is 25.2. The number of hydrogen-bond donors (Lipinski definition) is 2. The zero-order chi connectivity index (χ0) is 31.5. The molecule has 1 aliphatic carbocycles. The van der Waals surface area contributed by atoms with Gasteiger partial charge in [0.05, 0.1) is 22.8 Å². The SMILES string of the molecule is N=C1C=Cc2ccc3cc(-c4cc(-c5cccc6c5oc5ccccc56)nc(-c5cccc(-c6ccccc6)c5)n4)ccc3c2C1=N. The number of aromatic nitrogens is 2. The lowest BCUT2D eigenvalue weighted by atomic mass is 9.88. The monoisotopic (exact) mass is 602 g/mol. The summed E-state index contributed by atoms with van der Waals surface area (Å²) in [5.41, 5.74) is 10.4. The Kier molecular flexibility index (Phi) is 6.05. The lowest BCUT2D eigenvalue weighted by Gasteiger charge is -2.16. The van der Waals surface area contributed by atoms with Gasteiger partial charge in [-0.05, 0) is 63.9 Å². The van der Waals surface area contributed by atoms with Gasteiger partial charge in [-0.25, -0.2) is 9.97 Å². The molecule has 0 unspecified atom stereocenters. The highest BCUT2D eigenvalue weighted by Crippen LogP contribution is 2.38. The maximum atomic E-state index is 8.60. The Balaban J connectivity index is 1.26. The number of benzene rings is 6. The predicted molar refractivity (Wildman–Crippen MR) is 192 cm³/mol. The molecule has 220 valence electrons. The third-order valence-corrected chi connectivity index (χ3v) is 8.93. The molecule has 5 heteroatoms. The van der Waals surface area contributed by atoms with Crippen LogP contribution in [0.2, 0.25) is 0 Å². The second-order valence-corrected chi connectivity index (χ2v) is 11.8. The Labute approximate surface area is 270 Å². The number of furan rings is 1. The lowest BCUT2D eigenvalue weighted by molar-refractivity contribution is 0.670. The third kappa shape index (κ3) is 4.48. The van der Waals surface area contributed by atoms with Gasteiger partial charge in [0, 0.05) is 33.0 Å². The van der Waals surface area contributed by atoms with Crippen molar-refractivity contribution in [2.45, 2.75) is 0 Å². The molecule has 0 radical (unpaired) electrons. The van der Waals surface area contributed by atoms with Crippen LogP contribution in [0.4, 0.5) is 0 Å². The number of allylic oxidation sites excluding steroid dienone is 1. The van der Waals surface area contributed by atoms with Crippen molar-refractivity contribution in [2.75, 3.05) is 0 Å². The van der Waals surface area contributed by atoms with E-state index in [0.29, 0.717) is 5.82 Å². The number of fused-ring (bicyclic) bond motifs is 6. The quantitative estimate of drug-likeness (QED) is 0.210. The second-order valence-electron chi connectivity index (χ2n) is 11.8. The average Bonchev–Trinajstić information content (AvgIpc) is 3.52. The topological polar surface area (TPSA) is 86.6 Å². The second kappa shape index (κ2) is 10.6. The van der Waals surface area contributed by atoms with E-state index in [4.69, 9.17) is 25.2 Å². The molecule has 8 aromatic rings. The molecule has 1 aliphatic rings. The molecule has 0 saturated carbocycles. The molecule has 0 spiro atoms. The highest BCUT2D eigenvalue weighted by atomic mass is 16.3. The first-order valence-electron chi connectivity index (χ1n) is 15.5. The zero-order valence-electron chi connectivity index (χ0n) is 25.2. The van der Waals surface area contributed by atoms with E-state index in [-0.39, 0.29) is 11.4 Å². The van der Waals surface area contributed by atoms with Crippen molar-refractivity contribution in [3.8, 4) is 45.0 Å². The van der Waals surface area contributed by atoms with Gasteiger partial charge in [-0.1, -0.05) is 109 Å². The Morgan fingerprint density at radius 3 is 2.19 bits per heavy atom. The summed E-state index contributed by atoms with van der Waals surface area (Å²) in [6.07, 6.45) is 3.60. The van der Waals surface area contributed by atoms with Crippen molar-refractivity contribution in [3.63, 3.8) is 0 Å². The van der Waals surface area contributed by atoms with Crippen LogP contribution in [0.3, 0.4) is 0 Å². The van der Waals surface area contributed by atoms with E-state index in [1.165, 1.54) is 0 Å². The van der Waals surface area contributed by atoms with Gasteiger partial charge in [0.1, 0.15) is 11.2 Å². The molecule has 2 aromatic heterocycles. The van der Waals surface area contributed by atoms with Gasteiger partial charge in [-0.2, -0.15) is 0 Å². The standard InChI is InChI=1S/C42H26N4O/c43-35-21-19-26-16-17-28-23-29(18-20-31(28)39(26)40(35)44)36-24-37(34-14-7-13-33-32-12-4-5-15-38(32)47-41(33)34)46-42(45-36)30-11-6-10-27(22-30)25-8-2-1-3-9-25/h1-24,43-44H. The van der Waals surface area contributed by atoms with Gasteiger partial charge in [-0.3, -0.25) is 10.8 Å². The highest BCUT2D eigenvalue weighted by molar-refractivity contribution is 6.53. The normalized spacial score (nSPS) is 12.7. The predicted octanol–water partition coefficient (Wildman–Crippen LogP) is 10.6. The van der Waals surface area contributed by atoms with Crippen LogP contribution in [0.25, 0.3) is 83.8 Å². The first-order valence-corrected chi connectivity index (χ1v) is 15.5. The number of nitrogens with zero attached hydrogens (tertiary/aromatic N) is 2. The molecule has 9 rings (SSSR count). The summed E-state index contributed by atoms with van der Waals surface area (Å²) in [5, 5.41) is 20.9. The van der Waals surface area contributed by atoms with Gasteiger partial charge in [0.2, 0.25) is 0 Å². The minimum Gasteiger partial charge on any atom is -0.455 e. The fourth-order valence-electron chi connectivity index (χ4n) is 6.59. The van der Waals surface area contributed by atoms with E-state index in [9.17, 15) is 0 Å². The minimum absolute atomic E-state index is 0.219. The highest BCUT2D eigenvalue weighted by Gasteiger charge is 2.20. The van der Waals surface area contributed by atoms with Crippen molar-refractivity contribution in [3.05, 3.63) is 151 Å². The largest absolute Gasteiger partial charge is 0.455 e. The van der Waals surface area contributed by atoms with Crippen LogP contribution in [0.5, 0.6) is 0 Å². The molecule has 0 bridgehead atoms. The van der Waals surface area contributed by atoms with Crippen LogP contribution >= 0.6 is 0 Å². The Hall–Kier alpha value is -6.46. The molecule has 2 N–H and O–H groups in total. The van der Waals surface area contributed by atoms with E-state index in [1.54, 1.807) is 6.08 Å². The van der Waals surface area contributed by atoms with E-state index in [0.717, 1.165) is 83.0 Å². The number of para-hydroxylation sites is 2. The van der Waals surface area contributed by atoms with E-state index < -0.39 is 0 Å². The molecule has 47 heavy (non-hydrogen) atoms. The van der Waals surface area contributed by atoms with Crippen LogP contribution in [-0.4, -0.2) is 21.4 Å². The van der Waals surface area contributed by atoms with Crippen LogP contribution < -0.4 is 0 Å². The summed E-state index contributed by atoms with van der Waals surface area (Å²) in [7, 11) is 0. The molecular weight excluding hydrogens is 576 g/mol. The Bertz CT molecular complexity index is 2610. The van der Waals surface area contributed by atoms with E-state index in [1.807, 2.05) is 66.7 Å². The number of rotatable bonds is 4. The molecule has 2 heterocycles. The minimum atomic E-state index is 0.219. The number of hydrogen-bond acceptors (Lipinski definition) is 5. The van der Waals surface area contributed by atoms with Gasteiger partial charge in [0.25, 0.3) is 0 Å². The maximum Gasteiger partial charge on any atom is 0.160 e. The summed E-state index contributed by atoms with van der Waals surface area (Å²) in [5.74, 6) is 0.620. The number of nitrogens with one attached hydrogen (secondary N) is 2. The van der Waals surface area contributed by atoms with E-state index >= 15 is 0 Å². The molecule has 6 aromatic carbocycles. The van der Waals surface area contributed by atoms with Crippen molar-refractivity contribution in [2.24, 2.45) is 0 Å². The summed E-state index contributed by atoms with van der Waals surface area (Å²) in [6.45, 7) is 0. The van der Waals surface area contributed by atoms with Crippen LogP contribution in [0.15, 0.2) is 144 Å². The summed E-state index contributed by atoms with van der Waals surface area (Å²) in [6, 6.07) is 45.3. The van der Waals surface area contributed by atoms with Crippen LogP contribution in [0, 0.1) is 10.8 Å². The molecule has 0 atom stereocenters. The van der Waals surface area contributed by atoms with Crippen molar-refractivity contribution >= 4 is 50.2 Å². The smallest absolute Gasteiger partial charge is 0.160 e. The Morgan fingerprint density at radius 1 is 0.511 bits per heavy atom. The molecule has 0 saturated heterocycles. The van der Waals surface area contributed by atoms with Crippen molar-refractivity contribution in [1.29, 1.82) is 10.8 Å². The van der Waals surface area contributed by atoms with Gasteiger partial charge in [-0.15, -0.1) is 0 Å². The molecule has 0 aliphatic heterocycles. The molecule has 0 fully saturated rings. The van der Waals surface area contributed by atoms with Crippen LogP contribution in [-0.2, 0) is 0 Å². The van der Waals surface area contributed by atoms with Gasteiger partial charge >= 0.3 is 0 Å². The summed E-state index contributed by atoms with van der Waals surface area (Å²) >= 11 is 0. The van der Waals surface area contributed by atoms with Gasteiger partial charge < -0.3 is 4.42 Å². The summed E-state index contributed by atoms with van der Waals surface area (Å²) in [4.78, 5) is 10.3.